The number of likely N-dealkylation sites (tertiary alicyclic amines) is 2. The molecule has 0 spiro atoms. The largest absolute Gasteiger partial charge is 0.342 e. The molecule has 2 aliphatic heterocycles. The Morgan fingerprint density at radius 3 is 2.22 bits per heavy atom. The van der Waals surface area contributed by atoms with E-state index >= 15 is 0 Å². The van der Waals surface area contributed by atoms with E-state index in [-0.39, 0.29) is 23.1 Å². The fourth-order valence-electron chi connectivity index (χ4n) is 3.69. The molecule has 2 aliphatic rings. The van der Waals surface area contributed by atoms with Crippen molar-refractivity contribution in [2.75, 3.05) is 40.3 Å². The third kappa shape index (κ3) is 4.46. The van der Waals surface area contributed by atoms with Gasteiger partial charge in [0.25, 0.3) is 0 Å². The number of hydrogen-bond acceptors (Lipinski definition) is 3. The predicted octanol–water partition coefficient (Wildman–Crippen LogP) is 1.82. The number of piperidine rings is 2. The van der Waals surface area contributed by atoms with Gasteiger partial charge in [0.2, 0.25) is 11.8 Å². The SMILES string of the molecule is CN1CCC(N(C)C(=O)C2CCCN(C(=O)C(C)(C)C)C2)CC1. The molecular formula is C18H33N3O2. The Bertz CT molecular complexity index is 436. The van der Waals surface area contributed by atoms with E-state index in [0.717, 1.165) is 45.3 Å². The predicted molar refractivity (Wildman–Crippen MR) is 92.0 cm³/mol. The maximum atomic E-state index is 12.9. The number of hydrogen-bond donors (Lipinski definition) is 0. The summed E-state index contributed by atoms with van der Waals surface area (Å²) in [6.07, 6.45) is 3.94. The first-order chi connectivity index (χ1) is 10.7. The lowest BCUT2D eigenvalue weighted by molar-refractivity contribution is -0.146. The highest BCUT2D eigenvalue weighted by atomic mass is 16.2. The first-order valence-electron chi connectivity index (χ1n) is 8.94. The lowest BCUT2D eigenvalue weighted by Gasteiger charge is -2.40. The van der Waals surface area contributed by atoms with E-state index < -0.39 is 0 Å². The molecule has 5 heteroatoms. The monoisotopic (exact) mass is 323 g/mol. The molecular weight excluding hydrogens is 290 g/mol. The van der Waals surface area contributed by atoms with Crippen LogP contribution in [0.15, 0.2) is 0 Å². The van der Waals surface area contributed by atoms with Gasteiger partial charge in [-0.05, 0) is 45.8 Å². The third-order valence-corrected chi connectivity index (χ3v) is 5.28. The minimum atomic E-state index is -0.370. The quantitative estimate of drug-likeness (QED) is 0.779. The fourth-order valence-corrected chi connectivity index (χ4v) is 3.69. The highest BCUT2D eigenvalue weighted by Gasteiger charge is 2.35. The van der Waals surface area contributed by atoms with Crippen LogP contribution < -0.4 is 0 Å². The van der Waals surface area contributed by atoms with E-state index in [1.807, 2.05) is 37.6 Å². The molecule has 0 aromatic rings. The van der Waals surface area contributed by atoms with Gasteiger partial charge in [0, 0.05) is 31.6 Å². The Kier molecular flexibility index (Phi) is 5.71. The average Bonchev–Trinajstić information content (AvgIpc) is 2.52. The molecule has 0 bridgehead atoms. The first kappa shape index (κ1) is 18.2. The summed E-state index contributed by atoms with van der Waals surface area (Å²) in [6.45, 7) is 9.34. The van der Waals surface area contributed by atoms with Gasteiger partial charge in [0.1, 0.15) is 0 Å². The molecule has 132 valence electrons. The highest BCUT2D eigenvalue weighted by Crippen LogP contribution is 2.26. The smallest absolute Gasteiger partial charge is 0.227 e. The van der Waals surface area contributed by atoms with Crippen LogP contribution in [0, 0.1) is 11.3 Å². The second-order valence-electron chi connectivity index (χ2n) is 8.32. The molecule has 0 aromatic heterocycles. The molecule has 2 fully saturated rings. The summed E-state index contributed by atoms with van der Waals surface area (Å²) in [4.78, 5) is 31.5. The Balaban J connectivity index is 1.95. The van der Waals surface area contributed by atoms with Crippen molar-refractivity contribution in [3.8, 4) is 0 Å². The van der Waals surface area contributed by atoms with Crippen molar-refractivity contribution >= 4 is 11.8 Å². The molecule has 2 heterocycles. The van der Waals surface area contributed by atoms with Gasteiger partial charge in [-0.15, -0.1) is 0 Å². The molecule has 2 amide bonds. The molecule has 0 aromatic carbocycles. The molecule has 0 N–H and O–H groups in total. The first-order valence-corrected chi connectivity index (χ1v) is 8.94. The minimum Gasteiger partial charge on any atom is -0.342 e. The van der Waals surface area contributed by atoms with Gasteiger partial charge in [-0.3, -0.25) is 9.59 Å². The number of rotatable bonds is 2. The van der Waals surface area contributed by atoms with Gasteiger partial charge in [-0.2, -0.15) is 0 Å². The van der Waals surface area contributed by atoms with Crippen molar-refractivity contribution in [2.24, 2.45) is 11.3 Å². The van der Waals surface area contributed by atoms with Gasteiger partial charge in [0.05, 0.1) is 5.92 Å². The van der Waals surface area contributed by atoms with E-state index in [0.29, 0.717) is 12.6 Å². The van der Waals surface area contributed by atoms with E-state index in [9.17, 15) is 9.59 Å². The maximum Gasteiger partial charge on any atom is 0.227 e. The Morgan fingerprint density at radius 1 is 1.04 bits per heavy atom. The molecule has 1 atom stereocenters. The molecule has 2 saturated heterocycles. The van der Waals surface area contributed by atoms with E-state index in [1.54, 1.807) is 0 Å². The molecule has 1 unspecified atom stereocenters. The summed E-state index contributed by atoms with van der Waals surface area (Å²) >= 11 is 0. The van der Waals surface area contributed by atoms with Crippen molar-refractivity contribution in [2.45, 2.75) is 52.5 Å². The van der Waals surface area contributed by atoms with Crippen LogP contribution in [0.1, 0.15) is 46.5 Å². The number of carbonyl (C=O) groups excluding carboxylic acids is 2. The zero-order chi connectivity index (χ0) is 17.2. The van der Waals surface area contributed by atoms with Crippen molar-refractivity contribution in [1.82, 2.24) is 14.7 Å². The number of carbonyl (C=O) groups is 2. The maximum absolute atomic E-state index is 12.9. The Morgan fingerprint density at radius 2 is 1.65 bits per heavy atom. The summed E-state index contributed by atoms with van der Waals surface area (Å²) in [5, 5.41) is 0. The second kappa shape index (κ2) is 7.20. The summed E-state index contributed by atoms with van der Waals surface area (Å²) in [5.74, 6) is 0.364. The number of nitrogens with zero attached hydrogens (tertiary/aromatic N) is 3. The van der Waals surface area contributed by atoms with Crippen LogP contribution >= 0.6 is 0 Å². The lowest BCUT2D eigenvalue weighted by atomic mass is 9.90. The van der Waals surface area contributed by atoms with E-state index in [1.165, 1.54) is 0 Å². The topological polar surface area (TPSA) is 43.9 Å². The zero-order valence-electron chi connectivity index (χ0n) is 15.5. The van der Waals surface area contributed by atoms with Crippen molar-refractivity contribution < 1.29 is 9.59 Å². The van der Waals surface area contributed by atoms with Crippen LogP contribution in [0.4, 0.5) is 0 Å². The molecule has 2 rings (SSSR count). The van der Waals surface area contributed by atoms with Gasteiger partial charge < -0.3 is 14.7 Å². The lowest BCUT2D eigenvalue weighted by Crippen LogP contribution is -2.51. The molecule has 0 aliphatic carbocycles. The van der Waals surface area contributed by atoms with Crippen LogP contribution in [-0.2, 0) is 9.59 Å². The summed E-state index contributed by atoms with van der Waals surface area (Å²) in [7, 11) is 4.08. The van der Waals surface area contributed by atoms with Gasteiger partial charge >= 0.3 is 0 Å². The van der Waals surface area contributed by atoms with Crippen LogP contribution in [0.3, 0.4) is 0 Å². The Hall–Kier alpha value is -1.10. The summed E-state index contributed by atoms with van der Waals surface area (Å²) in [5.41, 5.74) is -0.370. The fraction of sp³-hybridized carbons (Fsp3) is 0.889. The van der Waals surface area contributed by atoms with Gasteiger partial charge in [-0.25, -0.2) is 0 Å². The zero-order valence-corrected chi connectivity index (χ0v) is 15.5. The van der Waals surface area contributed by atoms with E-state index in [2.05, 4.69) is 11.9 Å². The standard InChI is InChI=1S/C18H33N3O2/c1-18(2,3)17(23)21-10-6-7-14(13-21)16(22)20(5)15-8-11-19(4)12-9-15/h14-15H,6-13H2,1-5H3. The molecule has 23 heavy (non-hydrogen) atoms. The molecule has 5 nitrogen and oxygen atoms in total. The van der Waals surface area contributed by atoms with Gasteiger partial charge in [0.15, 0.2) is 0 Å². The van der Waals surface area contributed by atoms with Crippen molar-refractivity contribution in [3.05, 3.63) is 0 Å². The second-order valence-corrected chi connectivity index (χ2v) is 8.32. The summed E-state index contributed by atoms with van der Waals surface area (Å²) < 4.78 is 0. The van der Waals surface area contributed by atoms with Crippen LogP contribution in [-0.4, -0.2) is 72.8 Å². The van der Waals surface area contributed by atoms with Crippen LogP contribution in [0.5, 0.6) is 0 Å². The van der Waals surface area contributed by atoms with Crippen molar-refractivity contribution in [3.63, 3.8) is 0 Å². The van der Waals surface area contributed by atoms with Crippen LogP contribution in [0.25, 0.3) is 0 Å². The highest BCUT2D eigenvalue weighted by molar-refractivity contribution is 5.84. The van der Waals surface area contributed by atoms with E-state index in [4.69, 9.17) is 0 Å². The normalized spacial score (nSPS) is 24.6. The molecule has 0 radical (unpaired) electrons. The van der Waals surface area contributed by atoms with Crippen molar-refractivity contribution in [1.29, 1.82) is 0 Å². The number of amides is 2. The van der Waals surface area contributed by atoms with Crippen LogP contribution in [0.2, 0.25) is 0 Å². The van der Waals surface area contributed by atoms with Gasteiger partial charge in [-0.1, -0.05) is 20.8 Å². The Labute approximate surface area is 141 Å². The minimum absolute atomic E-state index is 0.0280. The average molecular weight is 323 g/mol. The third-order valence-electron chi connectivity index (χ3n) is 5.28. The molecule has 0 saturated carbocycles. The summed E-state index contributed by atoms with van der Waals surface area (Å²) in [6, 6.07) is 0.354.